The highest BCUT2D eigenvalue weighted by Gasteiger charge is 2.30. The number of benzene rings is 3. The summed E-state index contributed by atoms with van der Waals surface area (Å²) < 4.78 is 38.8. The van der Waals surface area contributed by atoms with Crippen LogP contribution in [0.25, 0.3) is 21.9 Å². The van der Waals surface area contributed by atoms with Gasteiger partial charge in [0, 0.05) is 22.8 Å². The van der Waals surface area contributed by atoms with E-state index in [0.717, 1.165) is 39.6 Å². The fourth-order valence-electron chi connectivity index (χ4n) is 3.38. The van der Waals surface area contributed by atoms with E-state index in [1.807, 2.05) is 31.2 Å². The zero-order valence-corrected chi connectivity index (χ0v) is 16.5. The van der Waals surface area contributed by atoms with Crippen molar-refractivity contribution in [2.75, 3.05) is 11.1 Å². The number of pyridine rings is 1. The molecule has 156 valence electrons. The second-order valence-electron chi connectivity index (χ2n) is 7.23. The summed E-state index contributed by atoms with van der Waals surface area (Å²) in [6.07, 6.45) is -2.81. The molecule has 1 heterocycles. The first-order valence-electron chi connectivity index (χ1n) is 9.46. The third-order valence-corrected chi connectivity index (χ3v) is 5.00. The van der Waals surface area contributed by atoms with Crippen molar-refractivity contribution in [1.82, 2.24) is 4.98 Å². The Labute approximate surface area is 176 Å². The molecule has 7 heteroatoms. The number of hydrogen-bond acceptors (Lipinski definition) is 3. The minimum absolute atomic E-state index is 0.0636. The highest BCUT2D eigenvalue weighted by molar-refractivity contribution is 6.04. The first-order valence-corrected chi connectivity index (χ1v) is 9.46. The number of nitrogen functional groups attached to an aromatic ring is 1. The lowest BCUT2D eigenvalue weighted by Gasteiger charge is -2.12. The van der Waals surface area contributed by atoms with E-state index in [-0.39, 0.29) is 5.56 Å². The minimum Gasteiger partial charge on any atom is -0.384 e. The van der Waals surface area contributed by atoms with Crippen LogP contribution >= 0.6 is 0 Å². The molecule has 4 nitrogen and oxygen atoms in total. The predicted octanol–water partition coefficient (Wildman–Crippen LogP) is 6.06. The molecule has 0 radical (unpaired) electrons. The summed E-state index contributed by atoms with van der Waals surface area (Å²) in [5.74, 6) is -0.171. The summed E-state index contributed by atoms with van der Waals surface area (Å²) in [6, 6.07) is 17.4. The Kier molecular flexibility index (Phi) is 5.10. The molecule has 0 fully saturated rings. The van der Waals surface area contributed by atoms with E-state index < -0.39 is 17.6 Å². The zero-order chi connectivity index (χ0) is 22.2. The lowest BCUT2D eigenvalue weighted by Crippen LogP contribution is -2.14. The van der Waals surface area contributed by atoms with E-state index in [2.05, 4.69) is 10.3 Å². The molecule has 31 heavy (non-hydrogen) atoms. The molecule has 0 spiro atoms. The Morgan fingerprint density at radius 1 is 0.968 bits per heavy atom. The van der Waals surface area contributed by atoms with E-state index in [1.54, 1.807) is 24.4 Å². The van der Waals surface area contributed by atoms with Crippen molar-refractivity contribution in [2.24, 2.45) is 0 Å². The number of amides is 1. The first kappa shape index (κ1) is 20.4. The number of hydrogen-bond donors (Lipinski definition) is 2. The molecule has 0 unspecified atom stereocenters. The number of carbonyl (C=O) groups excluding carboxylic acids is 1. The molecule has 0 saturated carbocycles. The van der Waals surface area contributed by atoms with Crippen LogP contribution in [-0.2, 0) is 6.18 Å². The number of halogens is 3. The third-order valence-electron chi connectivity index (χ3n) is 5.00. The number of nitrogens with zero attached hydrogens (tertiary/aromatic N) is 1. The molecule has 0 aliphatic heterocycles. The molecule has 0 atom stereocenters. The van der Waals surface area contributed by atoms with Crippen LogP contribution in [0.15, 0.2) is 72.9 Å². The number of aryl methyl sites for hydroxylation is 1. The SMILES string of the molecule is Cc1ccc(NC(=O)c2cccc(C(F)(F)F)c2)cc1-c1ccc2cc(N)ncc2c1. The van der Waals surface area contributed by atoms with Gasteiger partial charge in [-0.1, -0.05) is 24.3 Å². The maximum absolute atomic E-state index is 12.9. The molecule has 3 aromatic carbocycles. The minimum atomic E-state index is -4.51. The Hall–Kier alpha value is -3.87. The normalized spacial score (nSPS) is 11.5. The van der Waals surface area contributed by atoms with Gasteiger partial charge < -0.3 is 11.1 Å². The molecule has 1 amide bonds. The first-order chi connectivity index (χ1) is 14.7. The number of nitrogens with one attached hydrogen (secondary N) is 1. The van der Waals surface area contributed by atoms with Crippen LogP contribution in [0.5, 0.6) is 0 Å². The molecule has 0 aliphatic rings. The number of aromatic nitrogens is 1. The van der Waals surface area contributed by atoms with Crippen molar-refractivity contribution >= 4 is 28.2 Å². The van der Waals surface area contributed by atoms with Gasteiger partial charge in [0.2, 0.25) is 0 Å². The van der Waals surface area contributed by atoms with Gasteiger partial charge in [-0.05, 0) is 71.5 Å². The van der Waals surface area contributed by atoms with Crippen LogP contribution in [0.1, 0.15) is 21.5 Å². The van der Waals surface area contributed by atoms with E-state index in [0.29, 0.717) is 11.5 Å². The number of rotatable bonds is 3. The van der Waals surface area contributed by atoms with Gasteiger partial charge in [0.25, 0.3) is 5.91 Å². The molecule has 0 bridgehead atoms. The lowest BCUT2D eigenvalue weighted by atomic mass is 9.97. The Morgan fingerprint density at radius 3 is 2.55 bits per heavy atom. The van der Waals surface area contributed by atoms with Gasteiger partial charge in [0.15, 0.2) is 0 Å². The van der Waals surface area contributed by atoms with Gasteiger partial charge in [-0.25, -0.2) is 4.98 Å². The molecular weight excluding hydrogens is 403 g/mol. The summed E-state index contributed by atoms with van der Waals surface area (Å²) in [5.41, 5.74) is 8.08. The highest BCUT2D eigenvalue weighted by atomic mass is 19.4. The van der Waals surface area contributed by atoms with Gasteiger partial charge >= 0.3 is 6.18 Å². The number of nitrogens with two attached hydrogens (primary N) is 1. The van der Waals surface area contributed by atoms with Crippen molar-refractivity contribution in [3.05, 3.63) is 89.6 Å². The van der Waals surface area contributed by atoms with Gasteiger partial charge in [-0.15, -0.1) is 0 Å². The van der Waals surface area contributed by atoms with Crippen molar-refractivity contribution in [3.63, 3.8) is 0 Å². The molecule has 4 aromatic rings. The molecule has 0 saturated heterocycles. The second-order valence-corrected chi connectivity index (χ2v) is 7.23. The number of alkyl halides is 3. The van der Waals surface area contributed by atoms with E-state index in [9.17, 15) is 18.0 Å². The monoisotopic (exact) mass is 421 g/mol. The maximum atomic E-state index is 12.9. The smallest absolute Gasteiger partial charge is 0.384 e. The van der Waals surface area contributed by atoms with Crippen molar-refractivity contribution in [2.45, 2.75) is 13.1 Å². The van der Waals surface area contributed by atoms with Crippen molar-refractivity contribution in [1.29, 1.82) is 0 Å². The highest BCUT2D eigenvalue weighted by Crippen LogP contribution is 2.31. The molecule has 0 aliphatic carbocycles. The fraction of sp³-hybridized carbons (Fsp3) is 0.0833. The Morgan fingerprint density at radius 2 is 1.77 bits per heavy atom. The van der Waals surface area contributed by atoms with Crippen LogP contribution < -0.4 is 11.1 Å². The summed E-state index contributed by atoms with van der Waals surface area (Å²) in [4.78, 5) is 16.7. The second kappa shape index (κ2) is 7.75. The van der Waals surface area contributed by atoms with E-state index in [1.165, 1.54) is 12.1 Å². The Bertz CT molecular complexity index is 1300. The standard InChI is InChI=1S/C24H18F3N3O/c1-14-5-8-20(30-23(31)17-3-2-4-19(10-17)24(25,26)27)12-21(14)16-7-6-15-11-22(28)29-13-18(15)9-16/h2-13H,1H3,(H2,28,29)(H,30,31). The van der Waals surface area contributed by atoms with Crippen LogP contribution in [0, 0.1) is 6.92 Å². The van der Waals surface area contributed by atoms with E-state index in [4.69, 9.17) is 5.73 Å². The summed E-state index contributed by atoms with van der Waals surface area (Å²) in [6.45, 7) is 1.94. The van der Waals surface area contributed by atoms with Gasteiger partial charge in [0.05, 0.1) is 5.56 Å². The van der Waals surface area contributed by atoms with Gasteiger partial charge in [-0.2, -0.15) is 13.2 Å². The number of anilines is 2. The van der Waals surface area contributed by atoms with Crippen LogP contribution in [0.3, 0.4) is 0 Å². The van der Waals surface area contributed by atoms with Gasteiger partial charge in [0.1, 0.15) is 5.82 Å². The van der Waals surface area contributed by atoms with Crippen LogP contribution in [0.4, 0.5) is 24.7 Å². The average Bonchev–Trinajstić information content (AvgIpc) is 2.74. The number of fused-ring (bicyclic) bond motifs is 1. The average molecular weight is 421 g/mol. The van der Waals surface area contributed by atoms with Crippen molar-refractivity contribution < 1.29 is 18.0 Å². The molecule has 1 aromatic heterocycles. The van der Waals surface area contributed by atoms with Gasteiger partial charge in [-0.3, -0.25) is 4.79 Å². The molecule has 4 rings (SSSR count). The summed E-state index contributed by atoms with van der Waals surface area (Å²) >= 11 is 0. The van der Waals surface area contributed by atoms with Crippen LogP contribution in [0.2, 0.25) is 0 Å². The third kappa shape index (κ3) is 4.35. The number of carbonyl (C=O) groups is 1. The fourth-order valence-corrected chi connectivity index (χ4v) is 3.38. The molecular formula is C24H18F3N3O. The zero-order valence-electron chi connectivity index (χ0n) is 16.5. The van der Waals surface area contributed by atoms with Crippen molar-refractivity contribution in [3.8, 4) is 11.1 Å². The maximum Gasteiger partial charge on any atom is 0.416 e. The quantitative estimate of drug-likeness (QED) is 0.422. The lowest BCUT2D eigenvalue weighted by molar-refractivity contribution is -0.137. The van der Waals surface area contributed by atoms with E-state index >= 15 is 0 Å². The van der Waals surface area contributed by atoms with Crippen LogP contribution in [-0.4, -0.2) is 10.9 Å². The topological polar surface area (TPSA) is 68.0 Å². The molecule has 3 N–H and O–H groups in total. The Balaban J connectivity index is 1.64. The largest absolute Gasteiger partial charge is 0.416 e. The predicted molar refractivity (Wildman–Crippen MR) is 116 cm³/mol. The summed E-state index contributed by atoms with van der Waals surface area (Å²) in [5, 5.41) is 4.57. The summed E-state index contributed by atoms with van der Waals surface area (Å²) in [7, 11) is 0.